The molecule has 0 saturated carbocycles. The van der Waals surface area contributed by atoms with E-state index in [4.69, 9.17) is 0 Å². The smallest absolute Gasteiger partial charge is 0.0991 e. The van der Waals surface area contributed by atoms with Crippen LogP contribution in [0.25, 0.3) is 75.2 Å². The summed E-state index contributed by atoms with van der Waals surface area (Å²) in [5.41, 5.74) is 8.00. The highest BCUT2D eigenvalue weighted by molar-refractivity contribution is 7.26. The minimum atomic E-state index is 0.621. The van der Waals surface area contributed by atoms with Gasteiger partial charge in [0.15, 0.2) is 0 Å². The number of hydrogen-bond donors (Lipinski definition) is 0. The number of hydrogen-bond acceptors (Lipinski definition) is 4. The van der Waals surface area contributed by atoms with Gasteiger partial charge in [0.05, 0.1) is 67.4 Å². The molecule has 6 aromatic carbocycles. The Balaban J connectivity index is 1.48. The van der Waals surface area contributed by atoms with Crippen LogP contribution in [0.3, 0.4) is 0 Å². The summed E-state index contributed by atoms with van der Waals surface area (Å²) in [5.74, 6) is 0. The third-order valence-electron chi connectivity index (χ3n) is 8.77. The van der Waals surface area contributed by atoms with Crippen LogP contribution in [-0.2, 0) is 0 Å². The summed E-state index contributed by atoms with van der Waals surface area (Å²) in [4.78, 5) is 0. The average Bonchev–Trinajstić information content (AvgIpc) is 3.74. The second-order valence-electron chi connectivity index (χ2n) is 11.2. The number of nitrogens with zero attached hydrogens (tertiary/aromatic N) is 5. The molecular formula is C39H19N5S. The molecule has 0 N–H and O–H groups in total. The Morgan fingerprint density at radius 3 is 1.58 bits per heavy atom. The minimum Gasteiger partial charge on any atom is -0.309 e. The molecule has 0 atom stereocenters. The summed E-state index contributed by atoms with van der Waals surface area (Å²) < 4.78 is 6.80. The number of thiophene rings is 1. The molecule has 6 heteroatoms. The topological polar surface area (TPSA) is 81.2 Å². The molecule has 45 heavy (non-hydrogen) atoms. The molecule has 0 aliphatic rings. The highest BCUT2D eigenvalue weighted by Gasteiger charge is 2.21. The van der Waals surface area contributed by atoms with Crippen LogP contribution in [0.2, 0.25) is 0 Å². The lowest BCUT2D eigenvalue weighted by molar-refractivity contribution is 1.15. The SMILES string of the molecule is N#Cc1ccc2sc3c(-n4c5ccccc5c5cc(C#N)ccc54)cc(-n4c5ccccc5c5cc(C#N)ccc54)cc3c2c1. The van der Waals surface area contributed by atoms with Gasteiger partial charge in [-0.15, -0.1) is 11.3 Å². The van der Waals surface area contributed by atoms with Crippen molar-refractivity contribution in [3.05, 3.63) is 132 Å². The Kier molecular flexibility index (Phi) is 5.20. The molecule has 0 amide bonds. The van der Waals surface area contributed by atoms with Crippen molar-refractivity contribution in [2.24, 2.45) is 0 Å². The van der Waals surface area contributed by atoms with Gasteiger partial charge in [0, 0.05) is 42.7 Å². The van der Waals surface area contributed by atoms with Crippen LogP contribution in [0.15, 0.2) is 115 Å². The fourth-order valence-electron chi connectivity index (χ4n) is 6.83. The van der Waals surface area contributed by atoms with Crippen molar-refractivity contribution in [2.45, 2.75) is 0 Å². The first-order chi connectivity index (χ1) is 22.2. The zero-order valence-electron chi connectivity index (χ0n) is 23.6. The largest absolute Gasteiger partial charge is 0.309 e. The molecule has 0 spiro atoms. The van der Waals surface area contributed by atoms with E-state index in [2.05, 4.69) is 63.7 Å². The highest BCUT2D eigenvalue weighted by Crippen LogP contribution is 2.44. The third kappa shape index (κ3) is 3.51. The van der Waals surface area contributed by atoms with Crippen molar-refractivity contribution >= 4 is 75.1 Å². The zero-order chi connectivity index (χ0) is 30.2. The molecule has 9 rings (SSSR count). The Morgan fingerprint density at radius 1 is 0.444 bits per heavy atom. The normalized spacial score (nSPS) is 11.5. The van der Waals surface area contributed by atoms with Gasteiger partial charge in [-0.2, -0.15) is 15.8 Å². The van der Waals surface area contributed by atoms with E-state index >= 15 is 0 Å². The first-order valence-corrected chi connectivity index (χ1v) is 15.3. The summed E-state index contributed by atoms with van der Waals surface area (Å²) in [6.45, 7) is 0. The first kappa shape index (κ1) is 25.1. The lowest BCUT2D eigenvalue weighted by Gasteiger charge is -2.14. The first-order valence-electron chi connectivity index (χ1n) is 14.4. The predicted molar refractivity (Wildman–Crippen MR) is 182 cm³/mol. The second-order valence-corrected chi connectivity index (χ2v) is 12.2. The monoisotopic (exact) mass is 589 g/mol. The standard InChI is InChI=1S/C39H19N5S/c40-20-23-9-12-35-29(15-23)27-5-1-3-7-33(27)43(35)26-18-32-31-17-25(22-42)11-14-38(31)45-39(32)37(19-26)44-34-8-4-2-6-28(34)30-16-24(21-41)10-13-36(30)44/h1-19H. The lowest BCUT2D eigenvalue weighted by Crippen LogP contribution is -1.99. The van der Waals surface area contributed by atoms with Crippen molar-refractivity contribution in [1.82, 2.24) is 9.13 Å². The van der Waals surface area contributed by atoms with Crippen LogP contribution in [0, 0.1) is 34.0 Å². The van der Waals surface area contributed by atoms with Crippen LogP contribution in [-0.4, -0.2) is 9.13 Å². The van der Waals surface area contributed by atoms with Gasteiger partial charge in [0.25, 0.3) is 0 Å². The predicted octanol–water partition coefficient (Wildman–Crippen LogP) is 9.86. The van der Waals surface area contributed by atoms with Crippen molar-refractivity contribution in [2.75, 3.05) is 0 Å². The van der Waals surface area contributed by atoms with E-state index < -0.39 is 0 Å². The molecule has 0 aliphatic carbocycles. The van der Waals surface area contributed by atoms with Gasteiger partial charge in [-0.05, 0) is 78.9 Å². The fraction of sp³-hybridized carbons (Fsp3) is 0. The van der Waals surface area contributed by atoms with Gasteiger partial charge in [-0.3, -0.25) is 0 Å². The van der Waals surface area contributed by atoms with E-state index in [1.165, 1.54) is 0 Å². The van der Waals surface area contributed by atoms with E-state index in [0.29, 0.717) is 16.7 Å². The van der Waals surface area contributed by atoms with Gasteiger partial charge < -0.3 is 9.13 Å². The Morgan fingerprint density at radius 2 is 0.956 bits per heavy atom. The van der Waals surface area contributed by atoms with E-state index in [0.717, 1.165) is 75.2 Å². The summed E-state index contributed by atoms with van der Waals surface area (Å²) in [6.07, 6.45) is 0. The second kappa shape index (κ2) is 9.30. The summed E-state index contributed by atoms with van der Waals surface area (Å²) in [5, 5.41) is 35.5. The Bertz CT molecular complexity index is 2860. The van der Waals surface area contributed by atoms with Crippen LogP contribution in [0.1, 0.15) is 16.7 Å². The number of fused-ring (bicyclic) bond motifs is 9. The van der Waals surface area contributed by atoms with Crippen LogP contribution >= 0.6 is 11.3 Å². The van der Waals surface area contributed by atoms with E-state index in [1.54, 1.807) is 11.3 Å². The van der Waals surface area contributed by atoms with Gasteiger partial charge in [0.2, 0.25) is 0 Å². The molecule has 0 fully saturated rings. The van der Waals surface area contributed by atoms with Crippen LogP contribution < -0.4 is 0 Å². The lowest BCUT2D eigenvalue weighted by atomic mass is 10.1. The molecule has 0 unspecified atom stereocenters. The Hall–Kier alpha value is -6.39. The maximum Gasteiger partial charge on any atom is 0.0991 e. The molecule has 3 aromatic heterocycles. The number of benzene rings is 6. The summed E-state index contributed by atoms with van der Waals surface area (Å²) in [6, 6.07) is 45.7. The van der Waals surface area contributed by atoms with Crippen molar-refractivity contribution in [3.63, 3.8) is 0 Å². The van der Waals surface area contributed by atoms with Gasteiger partial charge in [-0.1, -0.05) is 36.4 Å². The molecule has 0 bridgehead atoms. The molecule has 3 heterocycles. The quantitative estimate of drug-likeness (QED) is 0.201. The molecule has 0 radical (unpaired) electrons. The zero-order valence-corrected chi connectivity index (χ0v) is 24.4. The van der Waals surface area contributed by atoms with Gasteiger partial charge in [-0.25, -0.2) is 0 Å². The van der Waals surface area contributed by atoms with Crippen molar-refractivity contribution in [1.29, 1.82) is 15.8 Å². The maximum atomic E-state index is 9.77. The molecule has 5 nitrogen and oxygen atoms in total. The number of para-hydroxylation sites is 2. The third-order valence-corrected chi connectivity index (χ3v) is 9.98. The number of rotatable bonds is 2. The van der Waals surface area contributed by atoms with E-state index in [9.17, 15) is 15.8 Å². The molecule has 0 aliphatic heterocycles. The van der Waals surface area contributed by atoms with Crippen LogP contribution in [0.5, 0.6) is 0 Å². The number of nitriles is 3. The van der Waals surface area contributed by atoms with Gasteiger partial charge in [0.1, 0.15) is 0 Å². The molecule has 206 valence electrons. The molecule has 0 saturated heterocycles. The number of aromatic nitrogens is 2. The van der Waals surface area contributed by atoms with E-state index in [1.807, 2.05) is 78.9 Å². The van der Waals surface area contributed by atoms with Crippen molar-refractivity contribution < 1.29 is 0 Å². The van der Waals surface area contributed by atoms with Crippen LogP contribution in [0.4, 0.5) is 0 Å². The van der Waals surface area contributed by atoms with Crippen molar-refractivity contribution in [3.8, 4) is 29.6 Å². The van der Waals surface area contributed by atoms with E-state index in [-0.39, 0.29) is 0 Å². The Labute approximate surface area is 260 Å². The highest BCUT2D eigenvalue weighted by atomic mass is 32.1. The average molecular weight is 590 g/mol. The molecular weight excluding hydrogens is 571 g/mol. The summed E-state index contributed by atoms with van der Waals surface area (Å²) >= 11 is 1.72. The summed E-state index contributed by atoms with van der Waals surface area (Å²) in [7, 11) is 0. The maximum absolute atomic E-state index is 9.77. The molecule has 9 aromatic rings. The fourth-order valence-corrected chi connectivity index (χ4v) is 8.00. The van der Waals surface area contributed by atoms with Gasteiger partial charge >= 0.3 is 0 Å². The minimum absolute atomic E-state index is 0.621.